The monoisotopic (exact) mass is 272 g/mol. The molecule has 0 atom stereocenters. The van der Waals surface area contributed by atoms with Crippen LogP contribution in [0.15, 0.2) is 18.2 Å². The molecule has 2 nitrogen and oxygen atoms in total. The van der Waals surface area contributed by atoms with Crippen LogP contribution >= 0.6 is 0 Å². The molecule has 3 rings (SSSR count). The summed E-state index contributed by atoms with van der Waals surface area (Å²) in [6.07, 6.45) is 9.57. The lowest BCUT2D eigenvalue weighted by Crippen LogP contribution is -2.33. The van der Waals surface area contributed by atoms with Crippen LogP contribution in [0.5, 0.6) is 0 Å². The van der Waals surface area contributed by atoms with Crippen LogP contribution in [0.2, 0.25) is 0 Å². The second kappa shape index (κ2) is 6.17. The molecule has 0 bridgehead atoms. The van der Waals surface area contributed by atoms with Crippen molar-refractivity contribution < 1.29 is 0 Å². The van der Waals surface area contributed by atoms with E-state index in [4.69, 9.17) is 0 Å². The van der Waals surface area contributed by atoms with Crippen LogP contribution in [0.4, 0.5) is 5.69 Å². The van der Waals surface area contributed by atoms with Crippen LogP contribution in [0, 0.1) is 5.41 Å². The van der Waals surface area contributed by atoms with Gasteiger partial charge in [-0.3, -0.25) is 0 Å². The SMILES string of the molecule is CC1(CNCc2cccc3c2CCCN3)CCCCC1. The van der Waals surface area contributed by atoms with Gasteiger partial charge >= 0.3 is 0 Å². The summed E-state index contributed by atoms with van der Waals surface area (Å²) >= 11 is 0. The van der Waals surface area contributed by atoms with Gasteiger partial charge in [0.05, 0.1) is 0 Å². The Morgan fingerprint density at radius 2 is 2.00 bits per heavy atom. The number of nitrogens with one attached hydrogen (secondary N) is 2. The fourth-order valence-corrected chi connectivity index (χ4v) is 3.83. The van der Waals surface area contributed by atoms with Crippen molar-refractivity contribution in [2.45, 2.75) is 58.4 Å². The molecule has 0 unspecified atom stereocenters. The third-order valence-electron chi connectivity index (χ3n) is 5.12. The largest absolute Gasteiger partial charge is 0.385 e. The number of rotatable bonds is 4. The van der Waals surface area contributed by atoms with Crippen molar-refractivity contribution in [3.63, 3.8) is 0 Å². The lowest BCUT2D eigenvalue weighted by molar-refractivity contribution is 0.207. The summed E-state index contributed by atoms with van der Waals surface area (Å²) in [6.45, 7) is 5.79. The predicted octanol–water partition coefficient (Wildman–Crippen LogP) is 4.10. The Morgan fingerprint density at radius 1 is 1.15 bits per heavy atom. The number of benzene rings is 1. The van der Waals surface area contributed by atoms with Gasteiger partial charge in [0.25, 0.3) is 0 Å². The molecule has 1 aliphatic carbocycles. The van der Waals surface area contributed by atoms with E-state index in [2.05, 4.69) is 35.8 Å². The van der Waals surface area contributed by atoms with Gasteiger partial charge in [0.15, 0.2) is 0 Å². The minimum atomic E-state index is 0.533. The van der Waals surface area contributed by atoms with Crippen LogP contribution in [0.3, 0.4) is 0 Å². The maximum absolute atomic E-state index is 3.73. The van der Waals surface area contributed by atoms with Gasteiger partial charge < -0.3 is 10.6 Å². The highest BCUT2D eigenvalue weighted by Crippen LogP contribution is 2.35. The van der Waals surface area contributed by atoms with Crippen molar-refractivity contribution >= 4 is 5.69 Å². The fourth-order valence-electron chi connectivity index (χ4n) is 3.83. The minimum absolute atomic E-state index is 0.533. The van der Waals surface area contributed by atoms with Gasteiger partial charge in [0.2, 0.25) is 0 Å². The van der Waals surface area contributed by atoms with Gasteiger partial charge in [-0.2, -0.15) is 0 Å². The predicted molar refractivity (Wildman–Crippen MR) is 86.2 cm³/mol. The van der Waals surface area contributed by atoms with Crippen LogP contribution in [-0.4, -0.2) is 13.1 Å². The standard InChI is InChI=1S/C18H28N2/c1-18(10-3-2-4-11-18)14-19-13-15-7-5-9-17-16(15)8-6-12-20-17/h5,7,9,19-20H,2-4,6,8,10-14H2,1H3. The van der Waals surface area contributed by atoms with Crippen LogP contribution in [0.1, 0.15) is 56.6 Å². The maximum atomic E-state index is 3.73. The minimum Gasteiger partial charge on any atom is -0.385 e. The zero-order chi connectivity index (χ0) is 13.8. The molecule has 1 heterocycles. The highest BCUT2D eigenvalue weighted by molar-refractivity contribution is 5.56. The first kappa shape index (κ1) is 13.9. The molecule has 2 N–H and O–H groups in total. The summed E-state index contributed by atoms with van der Waals surface area (Å²) in [6, 6.07) is 6.71. The van der Waals surface area contributed by atoms with E-state index in [1.165, 1.54) is 62.7 Å². The van der Waals surface area contributed by atoms with Crippen molar-refractivity contribution in [2.75, 3.05) is 18.4 Å². The summed E-state index contributed by atoms with van der Waals surface area (Å²) < 4.78 is 0. The van der Waals surface area contributed by atoms with Gasteiger partial charge in [-0.15, -0.1) is 0 Å². The molecule has 110 valence electrons. The van der Waals surface area contributed by atoms with Crippen molar-refractivity contribution in [3.8, 4) is 0 Å². The summed E-state index contributed by atoms with van der Waals surface area (Å²) in [5.74, 6) is 0. The molecule has 1 fully saturated rings. The lowest BCUT2D eigenvalue weighted by Gasteiger charge is -2.34. The topological polar surface area (TPSA) is 24.1 Å². The third-order valence-corrected chi connectivity index (χ3v) is 5.12. The van der Waals surface area contributed by atoms with Gasteiger partial charge in [-0.25, -0.2) is 0 Å². The molecule has 1 aliphatic heterocycles. The summed E-state index contributed by atoms with van der Waals surface area (Å²) in [5.41, 5.74) is 4.93. The molecular formula is C18H28N2. The number of hydrogen-bond donors (Lipinski definition) is 2. The molecule has 0 amide bonds. The first-order valence-corrected chi connectivity index (χ1v) is 8.32. The first-order chi connectivity index (χ1) is 9.77. The molecule has 1 saturated carbocycles. The zero-order valence-corrected chi connectivity index (χ0v) is 12.8. The fraction of sp³-hybridized carbons (Fsp3) is 0.667. The second-order valence-corrected chi connectivity index (χ2v) is 6.95. The molecule has 1 aromatic rings. The Kier molecular flexibility index (Phi) is 4.30. The second-order valence-electron chi connectivity index (χ2n) is 6.95. The molecule has 1 aromatic carbocycles. The van der Waals surface area contributed by atoms with Crippen LogP contribution in [-0.2, 0) is 13.0 Å². The third kappa shape index (κ3) is 3.17. The number of hydrogen-bond acceptors (Lipinski definition) is 2. The van der Waals surface area contributed by atoms with Crippen molar-refractivity contribution in [3.05, 3.63) is 29.3 Å². The van der Waals surface area contributed by atoms with Crippen LogP contribution in [0.25, 0.3) is 0 Å². The highest BCUT2D eigenvalue weighted by Gasteiger charge is 2.26. The normalized spacial score (nSPS) is 21.1. The van der Waals surface area contributed by atoms with E-state index in [0.717, 1.165) is 13.1 Å². The van der Waals surface area contributed by atoms with Gasteiger partial charge in [0, 0.05) is 25.3 Å². The summed E-state index contributed by atoms with van der Waals surface area (Å²) in [7, 11) is 0. The average Bonchev–Trinajstić information content (AvgIpc) is 2.48. The Bertz CT molecular complexity index is 447. The molecule has 0 aromatic heterocycles. The Labute approximate surface area is 123 Å². The van der Waals surface area contributed by atoms with E-state index in [9.17, 15) is 0 Å². The van der Waals surface area contributed by atoms with Crippen molar-refractivity contribution in [1.82, 2.24) is 5.32 Å². The van der Waals surface area contributed by atoms with Crippen molar-refractivity contribution in [1.29, 1.82) is 0 Å². The first-order valence-electron chi connectivity index (χ1n) is 8.32. The molecular weight excluding hydrogens is 244 g/mol. The lowest BCUT2D eigenvalue weighted by atomic mass is 9.76. The van der Waals surface area contributed by atoms with E-state index >= 15 is 0 Å². The van der Waals surface area contributed by atoms with E-state index in [-0.39, 0.29) is 0 Å². The summed E-state index contributed by atoms with van der Waals surface area (Å²) in [4.78, 5) is 0. The smallest absolute Gasteiger partial charge is 0.0375 e. The molecule has 0 radical (unpaired) electrons. The zero-order valence-electron chi connectivity index (χ0n) is 12.8. The van der Waals surface area contributed by atoms with E-state index in [0.29, 0.717) is 5.41 Å². The quantitative estimate of drug-likeness (QED) is 0.862. The number of anilines is 1. The Morgan fingerprint density at radius 3 is 2.85 bits per heavy atom. The maximum Gasteiger partial charge on any atom is 0.0375 e. The Balaban J connectivity index is 1.58. The molecule has 0 spiro atoms. The van der Waals surface area contributed by atoms with E-state index in [1.54, 1.807) is 5.56 Å². The summed E-state index contributed by atoms with van der Waals surface area (Å²) in [5, 5.41) is 7.26. The van der Waals surface area contributed by atoms with Gasteiger partial charge in [-0.05, 0) is 48.3 Å². The molecule has 0 saturated heterocycles. The van der Waals surface area contributed by atoms with E-state index in [1.807, 2.05) is 0 Å². The van der Waals surface area contributed by atoms with E-state index < -0.39 is 0 Å². The average molecular weight is 272 g/mol. The molecule has 20 heavy (non-hydrogen) atoms. The van der Waals surface area contributed by atoms with Crippen molar-refractivity contribution in [2.24, 2.45) is 5.41 Å². The van der Waals surface area contributed by atoms with Gasteiger partial charge in [0.1, 0.15) is 0 Å². The Hall–Kier alpha value is -1.02. The number of fused-ring (bicyclic) bond motifs is 1. The van der Waals surface area contributed by atoms with Gasteiger partial charge in [-0.1, -0.05) is 38.3 Å². The molecule has 2 heteroatoms. The molecule has 2 aliphatic rings. The highest BCUT2D eigenvalue weighted by atomic mass is 14.9. The van der Waals surface area contributed by atoms with Crippen LogP contribution < -0.4 is 10.6 Å².